The summed E-state index contributed by atoms with van der Waals surface area (Å²) in [5.41, 5.74) is 3.71. The molecule has 1 unspecified atom stereocenters. The zero-order chi connectivity index (χ0) is 13.0. The molecular weight excluding hydrogens is 224 g/mol. The van der Waals surface area contributed by atoms with Crippen molar-refractivity contribution < 1.29 is 5.11 Å². The van der Waals surface area contributed by atoms with E-state index in [9.17, 15) is 5.11 Å². The fourth-order valence-corrected chi connectivity index (χ4v) is 2.36. The van der Waals surface area contributed by atoms with Gasteiger partial charge in [-0.1, -0.05) is 24.3 Å². The zero-order valence-electron chi connectivity index (χ0n) is 11.0. The van der Waals surface area contributed by atoms with E-state index in [1.807, 2.05) is 36.1 Å². The summed E-state index contributed by atoms with van der Waals surface area (Å²) in [7, 11) is 1.96. The molecule has 3 heteroatoms. The summed E-state index contributed by atoms with van der Waals surface area (Å²) in [5.74, 6) is 0.209. The Hall–Kier alpha value is -1.61. The van der Waals surface area contributed by atoms with Gasteiger partial charge in [-0.25, -0.2) is 0 Å². The Morgan fingerprint density at radius 1 is 1.28 bits per heavy atom. The molecule has 3 nitrogen and oxygen atoms in total. The lowest BCUT2D eigenvalue weighted by Crippen LogP contribution is -2.09. The largest absolute Gasteiger partial charge is 0.396 e. The minimum Gasteiger partial charge on any atom is -0.396 e. The molecular formula is C15H20N2O. The Bertz CT molecular complexity index is 505. The quantitative estimate of drug-likeness (QED) is 0.877. The van der Waals surface area contributed by atoms with Crippen molar-refractivity contribution in [2.75, 3.05) is 6.61 Å². The van der Waals surface area contributed by atoms with Crippen molar-refractivity contribution in [2.45, 2.75) is 25.7 Å². The first-order valence-electron chi connectivity index (χ1n) is 6.35. The minimum atomic E-state index is 0.197. The maximum Gasteiger partial charge on any atom is 0.0499 e. The van der Waals surface area contributed by atoms with Crippen LogP contribution in [0, 0.1) is 6.92 Å². The predicted molar refractivity (Wildman–Crippen MR) is 72.5 cm³/mol. The molecule has 1 N–H and O–H groups in total. The lowest BCUT2D eigenvalue weighted by atomic mass is 9.91. The van der Waals surface area contributed by atoms with Crippen molar-refractivity contribution in [3.05, 3.63) is 53.3 Å². The van der Waals surface area contributed by atoms with Gasteiger partial charge in [-0.3, -0.25) is 4.68 Å². The van der Waals surface area contributed by atoms with Crippen LogP contribution in [-0.4, -0.2) is 21.5 Å². The van der Waals surface area contributed by atoms with Crippen LogP contribution < -0.4 is 0 Å². The Morgan fingerprint density at radius 2 is 2.06 bits per heavy atom. The van der Waals surface area contributed by atoms with Gasteiger partial charge in [-0.15, -0.1) is 0 Å². The zero-order valence-corrected chi connectivity index (χ0v) is 11.0. The van der Waals surface area contributed by atoms with Crippen LogP contribution in [0.3, 0.4) is 0 Å². The third-order valence-electron chi connectivity index (χ3n) is 3.52. The monoisotopic (exact) mass is 244 g/mol. The smallest absolute Gasteiger partial charge is 0.0499 e. The average molecular weight is 244 g/mol. The van der Waals surface area contributed by atoms with Gasteiger partial charge < -0.3 is 5.11 Å². The number of aliphatic hydroxyl groups is 1. The van der Waals surface area contributed by atoms with Crippen LogP contribution in [0.15, 0.2) is 36.5 Å². The van der Waals surface area contributed by atoms with Crippen molar-refractivity contribution in [3.63, 3.8) is 0 Å². The lowest BCUT2D eigenvalue weighted by Gasteiger charge is -2.17. The number of hydrogen-bond acceptors (Lipinski definition) is 2. The fraction of sp³-hybridized carbons (Fsp3) is 0.400. The molecule has 0 aliphatic rings. The second-order valence-corrected chi connectivity index (χ2v) is 4.72. The van der Waals surface area contributed by atoms with E-state index in [4.69, 9.17) is 0 Å². The third kappa shape index (κ3) is 2.79. The molecule has 0 spiro atoms. The van der Waals surface area contributed by atoms with Crippen molar-refractivity contribution >= 4 is 0 Å². The summed E-state index contributed by atoms with van der Waals surface area (Å²) in [5, 5.41) is 13.7. The summed E-state index contributed by atoms with van der Waals surface area (Å²) >= 11 is 0. The second kappa shape index (κ2) is 5.83. The Labute approximate surface area is 108 Å². The van der Waals surface area contributed by atoms with Crippen LogP contribution in [0.2, 0.25) is 0 Å². The van der Waals surface area contributed by atoms with Gasteiger partial charge in [-0.2, -0.15) is 5.10 Å². The van der Waals surface area contributed by atoms with Crippen LogP contribution in [0.5, 0.6) is 0 Å². The number of benzene rings is 1. The molecule has 0 radical (unpaired) electrons. The van der Waals surface area contributed by atoms with Gasteiger partial charge in [0.25, 0.3) is 0 Å². The average Bonchev–Trinajstić information content (AvgIpc) is 2.78. The highest BCUT2D eigenvalue weighted by molar-refractivity contribution is 5.29. The molecule has 1 aromatic carbocycles. The molecule has 1 atom stereocenters. The van der Waals surface area contributed by atoms with Crippen LogP contribution in [0.4, 0.5) is 0 Å². The normalized spacial score (nSPS) is 12.6. The van der Waals surface area contributed by atoms with Gasteiger partial charge in [-0.05, 0) is 37.0 Å². The van der Waals surface area contributed by atoms with Crippen molar-refractivity contribution in [2.24, 2.45) is 7.05 Å². The van der Waals surface area contributed by atoms with E-state index < -0.39 is 0 Å². The number of rotatable bonds is 5. The second-order valence-electron chi connectivity index (χ2n) is 4.72. The highest BCUT2D eigenvalue weighted by Crippen LogP contribution is 2.24. The van der Waals surface area contributed by atoms with Crippen LogP contribution in [0.25, 0.3) is 0 Å². The molecule has 18 heavy (non-hydrogen) atoms. The van der Waals surface area contributed by atoms with Crippen LogP contribution in [0.1, 0.15) is 29.2 Å². The molecule has 0 saturated heterocycles. The topological polar surface area (TPSA) is 38.1 Å². The summed E-state index contributed by atoms with van der Waals surface area (Å²) in [6, 6.07) is 10.3. The molecule has 0 saturated carbocycles. The summed E-state index contributed by atoms with van der Waals surface area (Å²) in [4.78, 5) is 0. The number of aromatic nitrogens is 2. The van der Waals surface area contributed by atoms with E-state index in [0.29, 0.717) is 0 Å². The molecule has 1 aromatic heterocycles. The Balaban J connectivity index is 2.07. The molecule has 2 aromatic rings. The lowest BCUT2D eigenvalue weighted by molar-refractivity contribution is 0.258. The number of nitrogens with zero attached hydrogens (tertiary/aromatic N) is 2. The van der Waals surface area contributed by atoms with Gasteiger partial charge in [0.05, 0.1) is 0 Å². The summed E-state index contributed by atoms with van der Waals surface area (Å²) in [6.45, 7) is 2.30. The van der Waals surface area contributed by atoms with Crippen molar-refractivity contribution in [1.82, 2.24) is 9.78 Å². The van der Waals surface area contributed by atoms with Gasteiger partial charge >= 0.3 is 0 Å². The molecule has 0 bridgehead atoms. The third-order valence-corrected chi connectivity index (χ3v) is 3.52. The standard InChI is InChI=1S/C15H20N2O/c1-12-5-3-4-6-15(12)13(11-18)7-8-14-9-10-16-17(14)2/h3-6,9-10,13,18H,7-8,11H2,1-2H3. The fourth-order valence-electron chi connectivity index (χ4n) is 2.36. The number of aryl methyl sites for hydroxylation is 3. The highest BCUT2D eigenvalue weighted by atomic mass is 16.3. The van der Waals surface area contributed by atoms with E-state index in [0.717, 1.165) is 12.8 Å². The molecule has 0 amide bonds. The molecule has 2 rings (SSSR count). The molecule has 0 aliphatic carbocycles. The van der Waals surface area contributed by atoms with Crippen molar-refractivity contribution in [1.29, 1.82) is 0 Å². The Morgan fingerprint density at radius 3 is 2.67 bits per heavy atom. The van der Waals surface area contributed by atoms with Crippen LogP contribution >= 0.6 is 0 Å². The highest BCUT2D eigenvalue weighted by Gasteiger charge is 2.13. The first kappa shape index (κ1) is 12.8. The minimum absolute atomic E-state index is 0.197. The summed E-state index contributed by atoms with van der Waals surface area (Å²) in [6.07, 6.45) is 3.70. The van der Waals surface area contributed by atoms with Gasteiger partial charge in [0.1, 0.15) is 0 Å². The first-order chi connectivity index (χ1) is 8.72. The van der Waals surface area contributed by atoms with Crippen molar-refractivity contribution in [3.8, 4) is 0 Å². The number of hydrogen-bond donors (Lipinski definition) is 1. The molecule has 0 aliphatic heterocycles. The number of aliphatic hydroxyl groups excluding tert-OH is 1. The maximum atomic E-state index is 9.58. The first-order valence-corrected chi connectivity index (χ1v) is 6.35. The van der Waals surface area contributed by atoms with Gasteiger partial charge in [0.2, 0.25) is 0 Å². The summed E-state index contributed by atoms with van der Waals surface area (Å²) < 4.78 is 1.90. The molecule has 0 fully saturated rings. The van der Waals surface area contributed by atoms with E-state index >= 15 is 0 Å². The van der Waals surface area contributed by atoms with Gasteiger partial charge in [0.15, 0.2) is 0 Å². The molecule has 96 valence electrons. The van der Waals surface area contributed by atoms with E-state index in [1.165, 1.54) is 16.8 Å². The van der Waals surface area contributed by atoms with E-state index in [1.54, 1.807) is 0 Å². The predicted octanol–water partition coefficient (Wildman–Crippen LogP) is 2.44. The Kier molecular flexibility index (Phi) is 4.15. The van der Waals surface area contributed by atoms with Crippen LogP contribution in [-0.2, 0) is 13.5 Å². The van der Waals surface area contributed by atoms with Gasteiger partial charge in [0, 0.05) is 31.5 Å². The van der Waals surface area contributed by atoms with E-state index in [-0.39, 0.29) is 12.5 Å². The SMILES string of the molecule is Cc1ccccc1C(CO)CCc1ccnn1C. The maximum absolute atomic E-state index is 9.58. The molecule has 1 heterocycles. The van der Waals surface area contributed by atoms with E-state index in [2.05, 4.69) is 24.2 Å².